The standard InChI is InChI=1S/C13H11N5O/c1-9(19)15-11-4-2-10(3-5-11)12-8-18-7-6-14-17-13(18)16-12/h2-8H,1H3,(H,15,19). The number of carbonyl (C=O) groups excluding carboxylic acids is 1. The molecular weight excluding hydrogens is 242 g/mol. The normalized spacial score (nSPS) is 10.6. The van der Waals surface area contributed by atoms with Crippen molar-refractivity contribution in [3.63, 3.8) is 0 Å². The smallest absolute Gasteiger partial charge is 0.254 e. The van der Waals surface area contributed by atoms with Crippen LogP contribution in [0, 0.1) is 0 Å². The third-order valence-corrected chi connectivity index (χ3v) is 2.65. The molecule has 0 unspecified atom stereocenters. The molecule has 0 radical (unpaired) electrons. The van der Waals surface area contributed by atoms with E-state index in [0.717, 1.165) is 16.9 Å². The number of fused-ring (bicyclic) bond motifs is 1. The molecule has 0 bridgehead atoms. The zero-order valence-corrected chi connectivity index (χ0v) is 10.2. The number of carbonyl (C=O) groups is 1. The average molecular weight is 253 g/mol. The highest BCUT2D eigenvalue weighted by Gasteiger charge is 2.05. The van der Waals surface area contributed by atoms with Gasteiger partial charge in [0.2, 0.25) is 5.91 Å². The van der Waals surface area contributed by atoms with Crippen LogP contribution in [0.2, 0.25) is 0 Å². The van der Waals surface area contributed by atoms with Crippen LogP contribution in [0.4, 0.5) is 5.69 Å². The Morgan fingerprint density at radius 3 is 2.74 bits per heavy atom. The number of imidazole rings is 1. The molecule has 1 aromatic carbocycles. The second-order valence-electron chi connectivity index (χ2n) is 4.11. The Hall–Kier alpha value is -2.76. The average Bonchev–Trinajstić information content (AvgIpc) is 2.82. The van der Waals surface area contributed by atoms with Crippen LogP contribution >= 0.6 is 0 Å². The Balaban J connectivity index is 1.95. The zero-order valence-electron chi connectivity index (χ0n) is 10.2. The summed E-state index contributed by atoms with van der Waals surface area (Å²) in [7, 11) is 0. The van der Waals surface area contributed by atoms with Gasteiger partial charge in [0, 0.05) is 30.6 Å². The van der Waals surface area contributed by atoms with Crippen molar-refractivity contribution < 1.29 is 4.79 Å². The number of amides is 1. The third kappa shape index (κ3) is 2.28. The van der Waals surface area contributed by atoms with Crippen molar-refractivity contribution in [3.05, 3.63) is 42.9 Å². The summed E-state index contributed by atoms with van der Waals surface area (Å²) < 4.78 is 1.81. The van der Waals surface area contributed by atoms with E-state index in [1.807, 2.05) is 34.9 Å². The first-order valence-corrected chi connectivity index (χ1v) is 5.77. The van der Waals surface area contributed by atoms with Crippen molar-refractivity contribution >= 4 is 17.4 Å². The maximum atomic E-state index is 10.9. The summed E-state index contributed by atoms with van der Waals surface area (Å²) in [6.07, 6.45) is 5.29. The predicted octanol–water partition coefficient (Wildman–Crippen LogP) is 1.75. The fourth-order valence-corrected chi connectivity index (χ4v) is 1.82. The molecule has 2 heterocycles. The Kier molecular flexibility index (Phi) is 2.68. The largest absolute Gasteiger partial charge is 0.326 e. The Morgan fingerprint density at radius 2 is 2.05 bits per heavy atom. The molecule has 2 aromatic heterocycles. The molecule has 6 nitrogen and oxygen atoms in total. The second-order valence-corrected chi connectivity index (χ2v) is 4.11. The fourth-order valence-electron chi connectivity index (χ4n) is 1.82. The Morgan fingerprint density at radius 1 is 1.26 bits per heavy atom. The van der Waals surface area contributed by atoms with Gasteiger partial charge in [0.1, 0.15) is 0 Å². The minimum absolute atomic E-state index is 0.0873. The van der Waals surface area contributed by atoms with Gasteiger partial charge in [-0.15, -0.1) is 5.10 Å². The molecule has 0 saturated heterocycles. The molecular formula is C13H11N5O. The Bertz CT molecular complexity index is 699. The van der Waals surface area contributed by atoms with Gasteiger partial charge in [0.15, 0.2) is 0 Å². The van der Waals surface area contributed by atoms with Crippen LogP contribution in [0.25, 0.3) is 17.0 Å². The second kappa shape index (κ2) is 4.49. The molecule has 1 amide bonds. The summed E-state index contributed by atoms with van der Waals surface area (Å²) in [5, 5.41) is 10.4. The van der Waals surface area contributed by atoms with E-state index in [0.29, 0.717) is 5.78 Å². The SMILES string of the molecule is CC(=O)Nc1ccc(-c2cn3ccnnc3n2)cc1. The lowest BCUT2D eigenvalue weighted by Crippen LogP contribution is -2.05. The highest BCUT2D eigenvalue weighted by Crippen LogP contribution is 2.20. The zero-order chi connectivity index (χ0) is 13.2. The van der Waals surface area contributed by atoms with Crippen molar-refractivity contribution in [2.24, 2.45) is 0 Å². The minimum atomic E-state index is -0.0873. The van der Waals surface area contributed by atoms with Crippen molar-refractivity contribution in [1.29, 1.82) is 0 Å². The maximum Gasteiger partial charge on any atom is 0.254 e. The van der Waals surface area contributed by atoms with Crippen molar-refractivity contribution in [2.45, 2.75) is 6.92 Å². The van der Waals surface area contributed by atoms with E-state index in [4.69, 9.17) is 0 Å². The quantitative estimate of drug-likeness (QED) is 0.755. The summed E-state index contributed by atoms with van der Waals surface area (Å²) in [4.78, 5) is 15.3. The monoisotopic (exact) mass is 253 g/mol. The minimum Gasteiger partial charge on any atom is -0.326 e. The van der Waals surface area contributed by atoms with Crippen LogP contribution in [0.15, 0.2) is 42.9 Å². The molecule has 1 N–H and O–H groups in total. The number of hydrogen-bond donors (Lipinski definition) is 1. The number of anilines is 1. The lowest BCUT2D eigenvalue weighted by atomic mass is 10.1. The molecule has 0 spiro atoms. The van der Waals surface area contributed by atoms with Crippen LogP contribution in [0.1, 0.15) is 6.92 Å². The third-order valence-electron chi connectivity index (χ3n) is 2.65. The van der Waals surface area contributed by atoms with E-state index >= 15 is 0 Å². The van der Waals surface area contributed by atoms with Gasteiger partial charge in [-0.25, -0.2) is 4.98 Å². The van der Waals surface area contributed by atoms with E-state index in [9.17, 15) is 4.79 Å². The van der Waals surface area contributed by atoms with Gasteiger partial charge in [0.05, 0.1) is 11.9 Å². The lowest BCUT2D eigenvalue weighted by Gasteiger charge is -2.02. The lowest BCUT2D eigenvalue weighted by molar-refractivity contribution is -0.114. The summed E-state index contributed by atoms with van der Waals surface area (Å²) >= 11 is 0. The van der Waals surface area contributed by atoms with Gasteiger partial charge in [-0.05, 0) is 12.1 Å². The first-order chi connectivity index (χ1) is 9.22. The molecule has 6 heteroatoms. The Labute approximate surface area is 109 Å². The van der Waals surface area contributed by atoms with Gasteiger partial charge < -0.3 is 5.32 Å². The van der Waals surface area contributed by atoms with Crippen LogP contribution in [0.5, 0.6) is 0 Å². The molecule has 3 aromatic rings. The first kappa shape index (κ1) is 11.3. The number of rotatable bonds is 2. The molecule has 3 rings (SSSR count). The molecule has 94 valence electrons. The summed E-state index contributed by atoms with van der Waals surface area (Å²) in [6, 6.07) is 7.49. The highest BCUT2D eigenvalue weighted by molar-refractivity contribution is 5.88. The number of aromatic nitrogens is 4. The van der Waals surface area contributed by atoms with Gasteiger partial charge in [-0.3, -0.25) is 9.20 Å². The van der Waals surface area contributed by atoms with Crippen LogP contribution in [-0.4, -0.2) is 25.5 Å². The summed E-state index contributed by atoms with van der Waals surface area (Å²) in [5.41, 5.74) is 2.54. The molecule has 0 fully saturated rings. The molecule has 0 aliphatic heterocycles. The van der Waals surface area contributed by atoms with Crippen LogP contribution < -0.4 is 5.32 Å². The van der Waals surface area contributed by atoms with E-state index in [1.54, 1.807) is 12.4 Å². The molecule has 0 atom stereocenters. The first-order valence-electron chi connectivity index (χ1n) is 5.77. The van der Waals surface area contributed by atoms with Crippen LogP contribution in [-0.2, 0) is 4.79 Å². The highest BCUT2D eigenvalue weighted by atomic mass is 16.1. The fraction of sp³-hybridized carbons (Fsp3) is 0.0769. The molecule has 0 saturated carbocycles. The topological polar surface area (TPSA) is 72.2 Å². The van der Waals surface area contributed by atoms with Gasteiger partial charge in [0.25, 0.3) is 5.78 Å². The molecule has 19 heavy (non-hydrogen) atoms. The van der Waals surface area contributed by atoms with E-state index in [-0.39, 0.29) is 5.91 Å². The van der Waals surface area contributed by atoms with Crippen LogP contribution in [0.3, 0.4) is 0 Å². The molecule has 0 aliphatic rings. The predicted molar refractivity (Wildman–Crippen MR) is 70.5 cm³/mol. The van der Waals surface area contributed by atoms with E-state index in [2.05, 4.69) is 20.5 Å². The summed E-state index contributed by atoms with van der Waals surface area (Å²) in [6.45, 7) is 1.48. The summed E-state index contributed by atoms with van der Waals surface area (Å²) in [5.74, 6) is 0.471. The van der Waals surface area contributed by atoms with E-state index < -0.39 is 0 Å². The number of nitrogens with one attached hydrogen (secondary N) is 1. The van der Waals surface area contributed by atoms with E-state index in [1.165, 1.54) is 6.92 Å². The van der Waals surface area contributed by atoms with Crippen molar-refractivity contribution in [3.8, 4) is 11.3 Å². The number of hydrogen-bond acceptors (Lipinski definition) is 4. The van der Waals surface area contributed by atoms with Gasteiger partial charge in [-0.1, -0.05) is 12.1 Å². The van der Waals surface area contributed by atoms with Gasteiger partial charge >= 0.3 is 0 Å². The van der Waals surface area contributed by atoms with Crippen molar-refractivity contribution in [2.75, 3.05) is 5.32 Å². The van der Waals surface area contributed by atoms with Gasteiger partial charge in [-0.2, -0.15) is 5.10 Å². The number of nitrogens with zero attached hydrogens (tertiary/aromatic N) is 4. The maximum absolute atomic E-state index is 10.9. The molecule has 0 aliphatic carbocycles. The van der Waals surface area contributed by atoms with Crippen molar-refractivity contribution in [1.82, 2.24) is 19.6 Å². The number of benzene rings is 1.